The maximum absolute atomic E-state index is 5.29. The molecule has 2 aromatic rings. The van der Waals surface area contributed by atoms with Crippen LogP contribution in [0.5, 0.6) is 0 Å². The van der Waals surface area contributed by atoms with E-state index in [-0.39, 0.29) is 0 Å². The first-order chi connectivity index (χ1) is 7.68. The van der Waals surface area contributed by atoms with Crippen molar-refractivity contribution in [3.05, 3.63) is 34.8 Å². The zero-order valence-electron chi connectivity index (χ0n) is 9.43. The summed E-state index contributed by atoms with van der Waals surface area (Å²) in [7, 11) is 0. The van der Waals surface area contributed by atoms with Gasteiger partial charge in [-0.1, -0.05) is 0 Å². The van der Waals surface area contributed by atoms with Gasteiger partial charge < -0.3 is 8.98 Å². The minimum absolute atomic E-state index is 0.331. The number of nitrogens with zero attached hydrogens (tertiary/aromatic N) is 2. The average Bonchev–Trinajstić information content (AvgIpc) is 2.83. The topological polar surface area (TPSA) is 46.8 Å². The van der Waals surface area contributed by atoms with Crippen molar-refractivity contribution in [1.82, 2.24) is 14.8 Å². The van der Waals surface area contributed by atoms with Crippen molar-refractivity contribution in [2.24, 2.45) is 0 Å². The number of hydrogen-bond donors (Lipinski definition) is 1. The smallest absolute Gasteiger partial charge is 0.195 e. The van der Waals surface area contributed by atoms with E-state index in [2.05, 4.69) is 24.0 Å². The summed E-state index contributed by atoms with van der Waals surface area (Å²) in [6.45, 7) is 4.20. The van der Waals surface area contributed by atoms with Gasteiger partial charge in [-0.3, -0.25) is 5.10 Å². The third-order valence-electron chi connectivity index (χ3n) is 2.47. The molecule has 0 aliphatic carbocycles. The Balaban J connectivity index is 2.13. The van der Waals surface area contributed by atoms with Crippen LogP contribution < -0.4 is 0 Å². The van der Waals surface area contributed by atoms with Crippen molar-refractivity contribution >= 4 is 12.2 Å². The standard InChI is InChI=1S/C11H15N3OS/c1-8(2)14-10(12-13-11(14)16)6-5-9-4-3-7-15-9/h3-4,7-8H,5-6H2,1-2H3,(H,13,16). The summed E-state index contributed by atoms with van der Waals surface area (Å²) >= 11 is 5.18. The van der Waals surface area contributed by atoms with Crippen molar-refractivity contribution in [2.75, 3.05) is 0 Å². The first kappa shape index (κ1) is 11.1. The molecule has 86 valence electrons. The van der Waals surface area contributed by atoms with Gasteiger partial charge in [0.2, 0.25) is 0 Å². The summed E-state index contributed by atoms with van der Waals surface area (Å²) < 4.78 is 8.01. The number of hydrogen-bond acceptors (Lipinski definition) is 3. The van der Waals surface area contributed by atoms with E-state index in [4.69, 9.17) is 16.6 Å². The van der Waals surface area contributed by atoms with Gasteiger partial charge in [0, 0.05) is 18.9 Å². The molecule has 0 aliphatic rings. The molecule has 0 aliphatic heterocycles. The predicted octanol–water partition coefficient (Wildman–Crippen LogP) is 2.90. The Morgan fingerprint density at radius 1 is 1.50 bits per heavy atom. The normalized spacial score (nSPS) is 11.2. The molecule has 2 heterocycles. The zero-order chi connectivity index (χ0) is 11.5. The van der Waals surface area contributed by atoms with Gasteiger partial charge in [-0.2, -0.15) is 5.10 Å². The number of rotatable bonds is 4. The minimum atomic E-state index is 0.331. The Morgan fingerprint density at radius 2 is 2.31 bits per heavy atom. The van der Waals surface area contributed by atoms with Crippen LogP contribution in [0, 0.1) is 4.77 Å². The third kappa shape index (κ3) is 2.24. The zero-order valence-corrected chi connectivity index (χ0v) is 10.3. The molecule has 0 radical (unpaired) electrons. The van der Waals surface area contributed by atoms with Crippen LogP contribution in [0.4, 0.5) is 0 Å². The molecule has 0 fully saturated rings. The summed E-state index contributed by atoms with van der Waals surface area (Å²) in [6, 6.07) is 4.20. The van der Waals surface area contributed by atoms with E-state index >= 15 is 0 Å². The Bertz CT molecular complexity index is 496. The van der Waals surface area contributed by atoms with Crippen LogP contribution in [0.15, 0.2) is 22.8 Å². The monoisotopic (exact) mass is 237 g/mol. The van der Waals surface area contributed by atoms with E-state index in [0.29, 0.717) is 10.8 Å². The molecule has 4 nitrogen and oxygen atoms in total. The molecule has 0 aromatic carbocycles. The van der Waals surface area contributed by atoms with Gasteiger partial charge in [0.05, 0.1) is 6.26 Å². The van der Waals surface area contributed by atoms with E-state index in [1.165, 1.54) is 0 Å². The van der Waals surface area contributed by atoms with Crippen molar-refractivity contribution in [3.63, 3.8) is 0 Å². The Morgan fingerprint density at radius 3 is 2.94 bits per heavy atom. The summed E-state index contributed by atoms with van der Waals surface area (Å²) in [6.07, 6.45) is 3.37. The highest BCUT2D eigenvalue weighted by atomic mass is 32.1. The Kier molecular flexibility index (Phi) is 3.24. The first-order valence-corrected chi connectivity index (χ1v) is 5.77. The highest BCUT2D eigenvalue weighted by Gasteiger charge is 2.09. The molecule has 1 N–H and O–H groups in total. The largest absolute Gasteiger partial charge is 0.469 e. The third-order valence-corrected chi connectivity index (χ3v) is 2.76. The fourth-order valence-electron chi connectivity index (χ4n) is 1.74. The number of H-pyrrole nitrogens is 1. The second-order valence-electron chi connectivity index (χ2n) is 3.99. The fraction of sp³-hybridized carbons (Fsp3) is 0.455. The van der Waals surface area contributed by atoms with Crippen molar-refractivity contribution in [1.29, 1.82) is 0 Å². The maximum atomic E-state index is 5.29. The van der Waals surface area contributed by atoms with Crippen LogP contribution in [-0.2, 0) is 12.8 Å². The average molecular weight is 237 g/mol. The number of aryl methyl sites for hydroxylation is 2. The highest BCUT2D eigenvalue weighted by molar-refractivity contribution is 7.71. The van der Waals surface area contributed by atoms with Gasteiger partial charge in [-0.05, 0) is 38.2 Å². The number of aromatic nitrogens is 3. The number of nitrogens with one attached hydrogen (secondary N) is 1. The lowest BCUT2D eigenvalue weighted by Gasteiger charge is -2.09. The summed E-state index contributed by atoms with van der Waals surface area (Å²) in [5.74, 6) is 1.96. The van der Waals surface area contributed by atoms with Crippen LogP contribution in [0.1, 0.15) is 31.5 Å². The Hall–Kier alpha value is -1.36. The van der Waals surface area contributed by atoms with Gasteiger partial charge in [0.1, 0.15) is 11.6 Å². The second kappa shape index (κ2) is 4.65. The number of furan rings is 1. The molecular weight excluding hydrogens is 222 g/mol. The van der Waals surface area contributed by atoms with E-state index in [0.717, 1.165) is 24.4 Å². The maximum Gasteiger partial charge on any atom is 0.195 e. The van der Waals surface area contributed by atoms with Crippen LogP contribution >= 0.6 is 12.2 Å². The number of aromatic amines is 1. The van der Waals surface area contributed by atoms with Crippen LogP contribution in [0.3, 0.4) is 0 Å². The molecule has 16 heavy (non-hydrogen) atoms. The van der Waals surface area contributed by atoms with E-state index in [1.54, 1.807) is 6.26 Å². The molecule has 0 saturated carbocycles. The Labute approximate surface area is 99.3 Å². The summed E-state index contributed by atoms with van der Waals surface area (Å²) in [5.41, 5.74) is 0. The van der Waals surface area contributed by atoms with E-state index < -0.39 is 0 Å². The fourth-order valence-corrected chi connectivity index (χ4v) is 2.10. The van der Waals surface area contributed by atoms with Crippen LogP contribution in [-0.4, -0.2) is 14.8 Å². The molecule has 0 atom stereocenters. The van der Waals surface area contributed by atoms with Crippen molar-refractivity contribution < 1.29 is 4.42 Å². The summed E-state index contributed by atoms with van der Waals surface area (Å²) in [5, 5.41) is 7.07. The second-order valence-corrected chi connectivity index (χ2v) is 4.37. The van der Waals surface area contributed by atoms with Gasteiger partial charge in [-0.15, -0.1) is 0 Å². The molecule has 0 amide bonds. The quantitative estimate of drug-likeness (QED) is 0.832. The van der Waals surface area contributed by atoms with Crippen molar-refractivity contribution in [2.45, 2.75) is 32.7 Å². The molecule has 0 unspecified atom stereocenters. The lowest BCUT2D eigenvalue weighted by Crippen LogP contribution is -2.07. The van der Waals surface area contributed by atoms with Crippen LogP contribution in [0.25, 0.3) is 0 Å². The van der Waals surface area contributed by atoms with Crippen molar-refractivity contribution in [3.8, 4) is 0 Å². The molecule has 0 saturated heterocycles. The first-order valence-electron chi connectivity index (χ1n) is 5.36. The lowest BCUT2D eigenvalue weighted by molar-refractivity contribution is 0.497. The molecule has 2 rings (SSSR count). The molecule has 5 heteroatoms. The minimum Gasteiger partial charge on any atom is -0.469 e. The molecule has 0 bridgehead atoms. The predicted molar refractivity (Wildman–Crippen MR) is 63.9 cm³/mol. The summed E-state index contributed by atoms with van der Waals surface area (Å²) in [4.78, 5) is 0. The van der Waals surface area contributed by atoms with Gasteiger partial charge in [-0.25, -0.2) is 0 Å². The molecule has 2 aromatic heterocycles. The molecular formula is C11H15N3OS. The van der Waals surface area contributed by atoms with Gasteiger partial charge in [0.25, 0.3) is 0 Å². The van der Waals surface area contributed by atoms with E-state index in [1.807, 2.05) is 16.7 Å². The highest BCUT2D eigenvalue weighted by Crippen LogP contribution is 2.11. The lowest BCUT2D eigenvalue weighted by atomic mass is 10.2. The van der Waals surface area contributed by atoms with Crippen LogP contribution in [0.2, 0.25) is 0 Å². The SMILES string of the molecule is CC(C)n1c(CCc2ccco2)n[nH]c1=S. The van der Waals surface area contributed by atoms with E-state index in [9.17, 15) is 0 Å². The molecule has 0 spiro atoms. The van der Waals surface area contributed by atoms with Gasteiger partial charge >= 0.3 is 0 Å². The van der Waals surface area contributed by atoms with Gasteiger partial charge in [0.15, 0.2) is 4.77 Å².